The predicted octanol–water partition coefficient (Wildman–Crippen LogP) is 2.28. The summed E-state index contributed by atoms with van der Waals surface area (Å²) in [5.74, 6) is -1.23. The average molecular weight is 286 g/mol. The standard InChI is InChI=1S/C16H18N2O3/c1-11-8-9-14(18(11)2)16(21)17-13(10-15(19)20)12-6-4-3-5-7-12/h3-9,13H,10H2,1-2H3,(H,17,21)(H,19,20)/t13-/m0/s1. The molecule has 0 bridgehead atoms. The Hall–Kier alpha value is -2.56. The van der Waals surface area contributed by atoms with Crippen LogP contribution in [0.2, 0.25) is 0 Å². The summed E-state index contributed by atoms with van der Waals surface area (Å²) in [7, 11) is 1.80. The van der Waals surface area contributed by atoms with Gasteiger partial charge in [0.15, 0.2) is 0 Å². The Morgan fingerprint density at radius 3 is 2.38 bits per heavy atom. The predicted molar refractivity (Wildman–Crippen MR) is 79.1 cm³/mol. The Kier molecular flexibility index (Phi) is 4.42. The molecule has 0 saturated heterocycles. The molecule has 1 amide bonds. The van der Waals surface area contributed by atoms with Crippen LogP contribution in [0.5, 0.6) is 0 Å². The van der Waals surface area contributed by atoms with Gasteiger partial charge in [-0.1, -0.05) is 30.3 Å². The van der Waals surface area contributed by atoms with Crippen molar-refractivity contribution in [3.63, 3.8) is 0 Å². The van der Waals surface area contributed by atoms with Gasteiger partial charge in [-0.05, 0) is 24.6 Å². The van der Waals surface area contributed by atoms with Crippen LogP contribution in [0.1, 0.15) is 34.2 Å². The van der Waals surface area contributed by atoms with Gasteiger partial charge in [0.2, 0.25) is 0 Å². The van der Waals surface area contributed by atoms with Crippen LogP contribution in [0.15, 0.2) is 42.5 Å². The number of rotatable bonds is 5. The molecular weight excluding hydrogens is 268 g/mol. The van der Waals surface area contributed by atoms with Gasteiger partial charge >= 0.3 is 5.97 Å². The van der Waals surface area contributed by atoms with E-state index in [0.29, 0.717) is 5.69 Å². The molecule has 110 valence electrons. The van der Waals surface area contributed by atoms with Gasteiger partial charge in [-0.15, -0.1) is 0 Å². The van der Waals surface area contributed by atoms with E-state index in [-0.39, 0.29) is 12.3 Å². The number of carbonyl (C=O) groups is 2. The summed E-state index contributed by atoms with van der Waals surface area (Å²) in [5.41, 5.74) is 2.26. The number of nitrogens with zero attached hydrogens (tertiary/aromatic N) is 1. The minimum absolute atomic E-state index is 0.154. The third-order valence-corrected chi connectivity index (χ3v) is 3.49. The highest BCUT2D eigenvalue weighted by Gasteiger charge is 2.20. The third kappa shape index (κ3) is 3.51. The largest absolute Gasteiger partial charge is 0.481 e. The maximum atomic E-state index is 12.3. The zero-order chi connectivity index (χ0) is 15.4. The Morgan fingerprint density at radius 2 is 1.86 bits per heavy atom. The van der Waals surface area contributed by atoms with Crippen molar-refractivity contribution in [3.8, 4) is 0 Å². The lowest BCUT2D eigenvalue weighted by molar-refractivity contribution is -0.137. The molecule has 0 aliphatic heterocycles. The first-order valence-corrected chi connectivity index (χ1v) is 6.69. The summed E-state index contributed by atoms with van der Waals surface area (Å²) >= 11 is 0. The number of carboxylic acids is 1. The first-order valence-electron chi connectivity index (χ1n) is 6.69. The summed E-state index contributed by atoms with van der Waals surface area (Å²) < 4.78 is 1.78. The Labute approximate surface area is 123 Å². The first kappa shape index (κ1) is 14.8. The fraction of sp³-hybridized carbons (Fsp3) is 0.250. The van der Waals surface area contributed by atoms with Crippen molar-refractivity contribution in [2.24, 2.45) is 7.05 Å². The number of carbonyl (C=O) groups excluding carboxylic acids is 1. The monoisotopic (exact) mass is 286 g/mol. The number of aliphatic carboxylic acids is 1. The highest BCUT2D eigenvalue weighted by atomic mass is 16.4. The fourth-order valence-electron chi connectivity index (χ4n) is 2.19. The number of carboxylic acid groups (broad SMARTS) is 1. The van der Waals surface area contributed by atoms with E-state index < -0.39 is 12.0 Å². The molecule has 0 saturated carbocycles. The summed E-state index contributed by atoms with van der Waals surface area (Å²) in [5, 5.41) is 11.8. The Balaban J connectivity index is 2.21. The second kappa shape index (κ2) is 6.26. The van der Waals surface area contributed by atoms with Gasteiger partial charge in [0.1, 0.15) is 5.69 Å². The lowest BCUT2D eigenvalue weighted by Crippen LogP contribution is -2.31. The topological polar surface area (TPSA) is 71.3 Å². The molecule has 2 N–H and O–H groups in total. The molecule has 21 heavy (non-hydrogen) atoms. The van der Waals surface area contributed by atoms with E-state index >= 15 is 0 Å². The molecule has 1 heterocycles. The number of amides is 1. The molecule has 2 rings (SSSR count). The van der Waals surface area contributed by atoms with E-state index in [1.165, 1.54) is 0 Å². The molecule has 0 unspecified atom stereocenters. The highest BCUT2D eigenvalue weighted by molar-refractivity contribution is 5.93. The molecular formula is C16H18N2O3. The normalized spacial score (nSPS) is 11.9. The number of hydrogen-bond acceptors (Lipinski definition) is 2. The minimum Gasteiger partial charge on any atom is -0.481 e. The summed E-state index contributed by atoms with van der Waals surface area (Å²) in [6.45, 7) is 1.91. The van der Waals surface area contributed by atoms with Gasteiger partial charge in [0.25, 0.3) is 5.91 Å². The average Bonchev–Trinajstić information content (AvgIpc) is 2.79. The Bertz CT molecular complexity index is 647. The van der Waals surface area contributed by atoms with Crippen LogP contribution in [-0.2, 0) is 11.8 Å². The second-order valence-corrected chi connectivity index (χ2v) is 4.95. The van der Waals surface area contributed by atoms with Crippen molar-refractivity contribution < 1.29 is 14.7 Å². The van der Waals surface area contributed by atoms with Crippen molar-refractivity contribution in [1.29, 1.82) is 0 Å². The van der Waals surface area contributed by atoms with Crippen LogP contribution < -0.4 is 5.32 Å². The second-order valence-electron chi connectivity index (χ2n) is 4.95. The lowest BCUT2D eigenvalue weighted by atomic mass is 10.0. The number of benzene rings is 1. The molecule has 5 nitrogen and oxygen atoms in total. The quantitative estimate of drug-likeness (QED) is 0.885. The third-order valence-electron chi connectivity index (χ3n) is 3.49. The molecule has 2 aromatic rings. The number of aryl methyl sites for hydroxylation is 1. The molecule has 0 aliphatic rings. The van der Waals surface area contributed by atoms with E-state index in [4.69, 9.17) is 5.11 Å². The van der Waals surface area contributed by atoms with Crippen molar-refractivity contribution >= 4 is 11.9 Å². The van der Waals surface area contributed by atoms with E-state index in [0.717, 1.165) is 11.3 Å². The zero-order valence-electron chi connectivity index (χ0n) is 12.0. The van der Waals surface area contributed by atoms with Gasteiger partial charge < -0.3 is 15.0 Å². The molecule has 0 fully saturated rings. The molecule has 0 aliphatic carbocycles. The minimum atomic E-state index is -0.952. The van der Waals surface area contributed by atoms with Gasteiger partial charge in [-0.3, -0.25) is 9.59 Å². The maximum Gasteiger partial charge on any atom is 0.305 e. The number of hydrogen-bond donors (Lipinski definition) is 2. The highest BCUT2D eigenvalue weighted by Crippen LogP contribution is 2.17. The van der Waals surface area contributed by atoms with Gasteiger partial charge in [-0.2, -0.15) is 0 Å². The van der Waals surface area contributed by atoms with E-state index in [2.05, 4.69) is 5.32 Å². The summed E-state index contributed by atoms with van der Waals surface area (Å²) in [6, 6.07) is 12.1. The molecule has 5 heteroatoms. The fourth-order valence-corrected chi connectivity index (χ4v) is 2.19. The molecule has 0 radical (unpaired) electrons. The van der Waals surface area contributed by atoms with Crippen LogP contribution in [0.4, 0.5) is 0 Å². The smallest absolute Gasteiger partial charge is 0.305 e. The molecule has 1 aromatic heterocycles. The maximum absolute atomic E-state index is 12.3. The van der Waals surface area contributed by atoms with Crippen LogP contribution in [0, 0.1) is 6.92 Å². The zero-order valence-corrected chi connectivity index (χ0v) is 12.0. The Morgan fingerprint density at radius 1 is 1.19 bits per heavy atom. The van der Waals surface area contributed by atoms with Crippen molar-refractivity contribution in [3.05, 3.63) is 59.4 Å². The summed E-state index contributed by atoms with van der Waals surface area (Å²) in [4.78, 5) is 23.3. The summed E-state index contributed by atoms with van der Waals surface area (Å²) in [6.07, 6.45) is -0.154. The van der Waals surface area contributed by atoms with E-state index in [1.54, 1.807) is 17.7 Å². The number of nitrogens with one attached hydrogen (secondary N) is 1. The van der Waals surface area contributed by atoms with Crippen molar-refractivity contribution in [1.82, 2.24) is 9.88 Å². The van der Waals surface area contributed by atoms with E-state index in [9.17, 15) is 9.59 Å². The van der Waals surface area contributed by atoms with Crippen LogP contribution >= 0.6 is 0 Å². The number of aromatic nitrogens is 1. The van der Waals surface area contributed by atoms with Crippen molar-refractivity contribution in [2.75, 3.05) is 0 Å². The van der Waals surface area contributed by atoms with Gasteiger partial charge in [0.05, 0.1) is 12.5 Å². The van der Waals surface area contributed by atoms with Crippen LogP contribution in [0.25, 0.3) is 0 Å². The van der Waals surface area contributed by atoms with Gasteiger partial charge in [0, 0.05) is 12.7 Å². The van der Waals surface area contributed by atoms with Crippen LogP contribution in [-0.4, -0.2) is 21.6 Å². The SMILES string of the molecule is Cc1ccc(C(=O)N[C@@H](CC(=O)O)c2ccccc2)n1C. The van der Waals surface area contributed by atoms with Gasteiger partial charge in [-0.25, -0.2) is 0 Å². The van der Waals surface area contributed by atoms with Crippen molar-refractivity contribution in [2.45, 2.75) is 19.4 Å². The lowest BCUT2D eigenvalue weighted by Gasteiger charge is -2.17. The first-order chi connectivity index (χ1) is 9.99. The van der Waals surface area contributed by atoms with E-state index in [1.807, 2.05) is 43.3 Å². The van der Waals surface area contributed by atoms with Crippen LogP contribution in [0.3, 0.4) is 0 Å². The molecule has 1 aromatic carbocycles. The molecule has 1 atom stereocenters. The molecule has 0 spiro atoms.